The molecule has 22 heavy (non-hydrogen) atoms. The molecule has 0 bridgehead atoms. The maximum atomic E-state index is 6.18. The Balaban J connectivity index is 2.13. The number of pyridine rings is 1. The molecule has 0 N–H and O–H groups in total. The first-order valence-corrected chi connectivity index (χ1v) is 7.24. The fourth-order valence-electron chi connectivity index (χ4n) is 2.62. The van der Waals surface area contributed by atoms with Crippen molar-refractivity contribution in [1.82, 2.24) is 24.6 Å². The Bertz CT molecular complexity index is 1000. The molecule has 0 saturated heterocycles. The first-order chi connectivity index (χ1) is 10.6. The summed E-state index contributed by atoms with van der Waals surface area (Å²) in [4.78, 5) is 8.48. The van der Waals surface area contributed by atoms with Crippen molar-refractivity contribution in [3.05, 3.63) is 53.1 Å². The molecule has 0 unspecified atom stereocenters. The van der Waals surface area contributed by atoms with Gasteiger partial charge in [0, 0.05) is 22.8 Å². The molecule has 0 amide bonds. The Labute approximate surface area is 131 Å². The van der Waals surface area contributed by atoms with E-state index < -0.39 is 0 Å². The fourth-order valence-corrected chi connectivity index (χ4v) is 2.78. The van der Waals surface area contributed by atoms with Gasteiger partial charge in [0.05, 0.1) is 11.1 Å². The summed E-state index contributed by atoms with van der Waals surface area (Å²) in [5.41, 5.74) is 3.72. The Hall–Kier alpha value is -2.53. The van der Waals surface area contributed by atoms with Crippen molar-refractivity contribution >= 4 is 28.2 Å². The Morgan fingerprint density at radius 3 is 2.55 bits per heavy atom. The lowest BCUT2D eigenvalue weighted by Gasteiger charge is -2.08. The lowest BCUT2D eigenvalue weighted by atomic mass is 10.1. The summed E-state index contributed by atoms with van der Waals surface area (Å²) in [5, 5.41) is 10.4. The average molecular weight is 310 g/mol. The molecule has 4 aromatic rings. The molecular formula is C16H12ClN5. The molecule has 0 fully saturated rings. The van der Waals surface area contributed by atoms with Crippen molar-refractivity contribution in [3.8, 4) is 11.4 Å². The minimum Gasteiger partial charge on any atom is -0.275 e. The molecule has 3 aromatic heterocycles. The van der Waals surface area contributed by atoms with E-state index in [9.17, 15) is 0 Å². The molecule has 3 heterocycles. The molecule has 0 spiro atoms. The number of hydrogen-bond donors (Lipinski definition) is 0. The second-order valence-corrected chi connectivity index (χ2v) is 5.66. The highest BCUT2D eigenvalue weighted by atomic mass is 35.5. The molecule has 5 nitrogen and oxygen atoms in total. The quantitative estimate of drug-likeness (QED) is 0.539. The maximum absolute atomic E-state index is 6.18. The van der Waals surface area contributed by atoms with Gasteiger partial charge in [-0.15, -0.1) is 10.2 Å². The Morgan fingerprint density at radius 1 is 1.00 bits per heavy atom. The van der Waals surface area contributed by atoms with Crippen molar-refractivity contribution in [2.75, 3.05) is 0 Å². The monoisotopic (exact) mass is 309 g/mol. The molecule has 0 aliphatic rings. The van der Waals surface area contributed by atoms with E-state index in [1.54, 1.807) is 12.4 Å². The van der Waals surface area contributed by atoms with E-state index in [1.165, 1.54) is 0 Å². The highest BCUT2D eigenvalue weighted by molar-refractivity contribution is 6.31. The van der Waals surface area contributed by atoms with Crippen LogP contribution in [0.3, 0.4) is 0 Å². The van der Waals surface area contributed by atoms with Crippen LogP contribution in [0.2, 0.25) is 5.02 Å². The predicted octanol–water partition coefficient (Wildman–Crippen LogP) is 3.61. The Morgan fingerprint density at radius 2 is 1.77 bits per heavy atom. The SMILES string of the molecule is Cc1ncc(-c2nnc3cc(C)c4ccc(Cl)cc4n23)cn1. The van der Waals surface area contributed by atoms with Crippen LogP contribution in [0, 0.1) is 13.8 Å². The predicted molar refractivity (Wildman–Crippen MR) is 86.0 cm³/mol. The van der Waals surface area contributed by atoms with Gasteiger partial charge in [-0.25, -0.2) is 9.97 Å². The number of rotatable bonds is 1. The number of halogens is 1. The highest BCUT2D eigenvalue weighted by Crippen LogP contribution is 2.27. The first-order valence-electron chi connectivity index (χ1n) is 6.86. The van der Waals surface area contributed by atoms with Crippen LogP contribution in [-0.2, 0) is 0 Å². The Kier molecular flexibility index (Phi) is 2.84. The molecule has 0 radical (unpaired) electrons. The average Bonchev–Trinajstić information content (AvgIpc) is 2.92. The fraction of sp³-hybridized carbons (Fsp3) is 0.125. The molecule has 4 rings (SSSR count). The van der Waals surface area contributed by atoms with E-state index in [-0.39, 0.29) is 0 Å². The topological polar surface area (TPSA) is 56.0 Å². The third-order valence-electron chi connectivity index (χ3n) is 3.70. The van der Waals surface area contributed by atoms with Crippen molar-refractivity contribution < 1.29 is 0 Å². The smallest absolute Gasteiger partial charge is 0.171 e. The van der Waals surface area contributed by atoms with Gasteiger partial charge in [-0.05, 0) is 37.6 Å². The van der Waals surface area contributed by atoms with Crippen LogP contribution in [0.5, 0.6) is 0 Å². The summed E-state index contributed by atoms with van der Waals surface area (Å²) in [5.74, 6) is 1.43. The molecule has 108 valence electrons. The van der Waals surface area contributed by atoms with Gasteiger partial charge in [0.2, 0.25) is 0 Å². The number of aromatic nitrogens is 5. The largest absolute Gasteiger partial charge is 0.275 e. The lowest BCUT2D eigenvalue weighted by molar-refractivity contribution is 1.04. The summed E-state index contributed by atoms with van der Waals surface area (Å²) in [6, 6.07) is 7.85. The maximum Gasteiger partial charge on any atom is 0.171 e. The van der Waals surface area contributed by atoms with Crippen molar-refractivity contribution in [1.29, 1.82) is 0 Å². The summed E-state index contributed by atoms with van der Waals surface area (Å²) < 4.78 is 1.99. The van der Waals surface area contributed by atoms with Crippen LogP contribution in [-0.4, -0.2) is 24.6 Å². The van der Waals surface area contributed by atoms with Crippen molar-refractivity contribution in [3.63, 3.8) is 0 Å². The number of hydrogen-bond acceptors (Lipinski definition) is 4. The van der Waals surface area contributed by atoms with Crippen LogP contribution in [0.25, 0.3) is 27.9 Å². The van der Waals surface area contributed by atoms with E-state index in [2.05, 4.69) is 27.1 Å². The van der Waals surface area contributed by atoms with E-state index in [4.69, 9.17) is 11.6 Å². The molecule has 0 aliphatic heterocycles. The zero-order valence-electron chi connectivity index (χ0n) is 12.1. The first kappa shape index (κ1) is 13.2. The van der Waals surface area contributed by atoms with Crippen molar-refractivity contribution in [2.24, 2.45) is 0 Å². The van der Waals surface area contributed by atoms with Gasteiger partial charge in [0.25, 0.3) is 0 Å². The second kappa shape index (κ2) is 4.74. The highest BCUT2D eigenvalue weighted by Gasteiger charge is 2.13. The van der Waals surface area contributed by atoms with Gasteiger partial charge in [0.1, 0.15) is 5.82 Å². The van der Waals surface area contributed by atoms with E-state index >= 15 is 0 Å². The van der Waals surface area contributed by atoms with Crippen LogP contribution in [0.1, 0.15) is 11.4 Å². The molecule has 1 aromatic carbocycles. The van der Waals surface area contributed by atoms with Crippen LogP contribution >= 0.6 is 11.6 Å². The number of benzene rings is 1. The molecule has 6 heteroatoms. The summed E-state index contributed by atoms with van der Waals surface area (Å²) in [6.45, 7) is 3.91. The van der Waals surface area contributed by atoms with Gasteiger partial charge in [0.15, 0.2) is 11.5 Å². The van der Waals surface area contributed by atoms with E-state index in [0.29, 0.717) is 10.8 Å². The third-order valence-corrected chi connectivity index (χ3v) is 3.93. The molecular weight excluding hydrogens is 298 g/mol. The minimum absolute atomic E-state index is 0.680. The van der Waals surface area contributed by atoms with Gasteiger partial charge in [-0.1, -0.05) is 17.7 Å². The normalized spacial score (nSPS) is 11.4. The zero-order chi connectivity index (χ0) is 15.3. The second-order valence-electron chi connectivity index (χ2n) is 5.22. The van der Waals surface area contributed by atoms with Crippen LogP contribution in [0.15, 0.2) is 36.7 Å². The van der Waals surface area contributed by atoms with Gasteiger partial charge in [-0.3, -0.25) is 4.40 Å². The summed E-state index contributed by atoms with van der Waals surface area (Å²) in [7, 11) is 0. The lowest BCUT2D eigenvalue weighted by Crippen LogP contribution is -1.96. The summed E-state index contributed by atoms with van der Waals surface area (Å²) in [6.07, 6.45) is 3.52. The van der Waals surface area contributed by atoms with E-state index in [0.717, 1.165) is 33.5 Å². The molecule has 0 atom stereocenters. The van der Waals surface area contributed by atoms with Gasteiger partial charge in [-0.2, -0.15) is 0 Å². The number of aryl methyl sites for hydroxylation is 2. The van der Waals surface area contributed by atoms with Crippen molar-refractivity contribution in [2.45, 2.75) is 13.8 Å². The van der Waals surface area contributed by atoms with Crippen LogP contribution in [0.4, 0.5) is 0 Å². The standard InChI is InChI=1S/C16H12ClN5/c1-9-5-15-20-21-16(11-7-18-10(2)19-8-11)22(15)14-6-12(17)3-4-13(9)14/h3-8H,1-2H3. The van der Waals surface area contributed by atoms with Gasteiger partial charge >= 0.3 is 0 Å². The van der Waals surface area contributed by atoms with Crippen LogP contribution < -0.4 is 0 Å². The number of fused-ring (bicyclic) bond motifs is 3. The summed E-state index contributed by atoms with van der Waals surface area (Å²) >= 11 is 6.18. The van der Waals surface area contributed by atoms with E-state index in [1.807, 2.05) is 35.6 Å². The third kappa shape index (κ3) is 1.94. The minimum atomic E-state index is 0.680. The molecule has 0 aliphatic carbocycles. The van der Waals surface area contributed by atoms with Gasteiger partial charge < -0.3 is 0 Å². The molecule has 0 saturated carbocycles. The number of nitrogens with zero attached hydrogens (tertiary/aromatic N) is 5. The zero-order valence-corrected chi connectivity index (χ0v) is 12.8.